The second kappa shape index (κ2) is 15.4. The van der Waals surface area contributed by atoms with Gasteiger partial charge in [-0.05, 0) is 78.2 Å². The molecule has 0 unspecified atom stereocenters. The lowest BCUT2D eigenvalue weighted by atomic mass is 9.96. The molecule has 0 aromatic heterocycles. The van der Waals surface area contributed by atoms with Gasteiger partial charge in [0.15, 0.2) is 0 Å². The summed E-state index contributed by atoms with van der Waals surface area (Å²) in [6.07, 6.45) is 8.06. The van der Waals surface area contributed by atoms with Crippen LogP contribution in [0.1, 0.15) is 82.5 Å². The smallest absolute Gasteiger partial charge is 0.319 e. The van der Waals surface area contributed by atoms with Gasteiger partial charge < -0.3 is 35.0 Å². The molecule has 0 radical (unpaired) electrons. The average Bonchev–Trinajstić information content (AvgIpc) is 2.90. The van der Waals surface area contributed by atoms with E-state index in [0.29, 0.717) is 30.2 Å². The molecule has 39 heavy (non-hydrogen) atoms. The summed E-state index contributed by atoms with van der Waals surface area (Å²) in [6.45, 7) is 7.62. The Bertz CT molecular complexity index is 921. The number of hydrogen-bond donors (Lipinski definition) is 3. The number of carbonyl (C=O) groups excluding carboxylic acids is 2. The third-order valence-electron chi connectivity index (χ3n) is 7.79. The number of nitrogens with one attached hydrogen (secondary N) is 2. The van der Waals surface area contributed by atoms with Crippen molar-refractivity contribution in [2.24, 2.45) is 5.92 Å². The van der Waals surface area contributed by atoms with E-state index < -0.39 is 6.04 Å². The van der Waals surface area contributed by atoms with Crippen molar-refractivity contribution in [3.05, 3.63) is 23.8 Å². The Labute approximate surface area is 234 Å². The molecule has 2 aliphatic rings. The van der Waals surface area contributed by atoms with Crippen LogP contribution in [0.15, 0.2) is 18.2 Å². The summed E-state index contributed by atoms with van der Waals surface area (Å²) in [5, 5.41) is 16.1. The fraction of sp³-hybridized carbons (Fsp3) is 0.733. The number of amides is 3. The Hall–Kier alpha value is -2.36. The van der Waals surface area contributed by atoms with Crippen molar-refractivity contribution in [2.75, 3.05) is 45.7 Å². The molecule has 0 spiro atoms. The number of aliphatic hydroxyl groups excluding tert-OH is 1. The number of benzene rings is 1. The highest BCUT2D eigenvalue weighted by Gasteiger charge is 2.30. The minimum absolute atomic E-state index is 0.0409. The molecule has 4 atom stereocenters. The summed E-state index contributed by atoms with van der Waals surface area (Å²) >= 11 is 0. The number of fused-ring (bicyclic) bond motifs is 1. The predicted molar refractivity (Wildman–Crippen MR) is 154 cm³/mol. The highest BCUT2D eigenvalue weighted by molar-refractivity contribution is 5.99. The summed E-state index contributed by atoms with van der Waals surface area (Å²) < 4.78 is 12.6. The zero-order valence-corrected chi connectivity index (χ0v) is 24.6. The number of carbonyl (C=O) groups is 2. The fourth-order valence-electron chi connectivity index (χ4n) is 5.42. The molecule has 1 aliphatic heterocycles. The zero-order chi connectivity index (χ0) is 28.4. The Balaban J connectivity index is 1.90. The van der Waals surface area contributed by atoms with E-state index in [0.717, 1.165) is 51.5 Å². The van der Waals surface area contributed by atoms with E-state index in [9.17, 15) is 14.7 Å². The lowest BCUT2D eigenvalue weighted by Gasteiger charge is -2.35. The lowest BCUT2D eigenvalue weighted by molar-refractivity contribution is -0.0137. The first-order valence-electron chi connectivity index (χ1n) is 14.7. The summed E-state index contributed by atoms with van der Waals surface area (Å²) in [4.78, 5) is 30.7. The van der Waals surface area contributed by atoms with Gasteiger partial charge in [0, 0.05) is 37.3 Å². The Morgan fingerprint density at radius 1 is 1.13 bits per heavy atom. The number of nitrogens with zero attached hydrogens (tertiary/aromatic N) is 2. The maximum atomic E-state index is 14.1. The molecule has 3 rings (SSSR count). The first-order chi connectivity index (χ1) is 18.7. The van der Waals surface area contributed by atoms with Gasteiger partial charge in [0.25, 0.3) is 5.91 Å². The fourth-order valence-corrected chi connectivity index (χ4v) is 5.42. The first kappa shape index (κ1) is 31.2. The summed E-state index contributed by atoms with van der Waals surface area (Å²) in [5.41, 5.74) is 0.915. The van der Waals surface area contributed by atoms with Crippen LogP contribution in [0, 0.1) is 5.92 Å². The predicted octanol–water partition coefficient (Wildman–Crippen LogP) is 4.50. The van der Waals surface area contributed by atoms with Gasteiger partial charge >= 0.3 is 6.03 Å². The van der Waals surface area contributed by atoms with Gasteiger partial charge in [0.1, 0.15) is 5.75 Å². The lowest BCUT2D eigenvalue weighted by Crippen LogP contribution is -2.47. The minimum atomic E-state index is -0.399. The van der Waals surface area contributed by atoms with Crippen LogP contribution in [0.5, 0.6) is 5.75 Å². The van der Waals surface area contributed by atoms with Gasteiger partial charge in [-0.25, -0.2) is 4.79 Å². The van der Waals surface area contributed by atoms with Crippen molar-refractivity contribution in [3.8, 4) is 5.75 Å². The van der Waals surface area contributed by atoms with E-state index in [1.807, 2.05) is 27.9 Å². The SMILES string of the molecule is C[C@@H]1CCCCO[C@H](CN(C)C)[C@@H](C)CN([C@@H](C)CO)C(=O)c2cc(NC(=O)NC3CCCCC3)ccc2O1. The molecule has 1 heterocycles. The van der Waals surface area contributed by atoms with Gasteiger partial charge in [-0.2, -0.15) is 0 Å². The molecule has 1 aromatic carbocycles. The van der Waals surface area contributed by atoms with Crippen LogP contribution in [0.2, 0.25) is 0 Å². The van der Waals surface area contributed by atoms with Crippen LogP contribution in [0.25, 0.3) is 0 Å². The molecule has 1 fully saturated rings. The molecule has 9 nitrogen and oxygen atoms in total. The summed E-state index contributed by atoms with van der Waals surface area (Å²) in [5.74, 6) is 0.299. The van der Waals surface area contributed by atoms with Gasteiger partial charge in [-0.1, -0.05) is 26.2 Å². The van der Waals surface area contributed by atoms with E-state index in [-0.39, 0.29) is 42.7 Å². The summed E-state index contributed by atoms with van der Waals surface area (Å²) in [6, 6.07) is 4.78. The van der Waals surface area contributed by atoms with Crippen LogP contribution in [-0.2, 0) is 4.74 Å². The Morgan fingerprint density at radius 2 is 1.85 bits per heavy atom. The molecule has 220 valence electrons. The maximum absolute atomic E-state index is 14.1. The van der Waals surface area contributed by atoms with Crippen molar-refractivity contribution in [2.45, 2.75) is 96.4 Å². The van der Waals surface area contributed by atoms with E-state index in [1.54, 1.807) is 23.1 Å². The number of rotatable bonds is 6. The molecule has 0 saturated heterocycles. The molecule has 3 N–H and O–H groups in total. The molecule has 0 bridgehead atoms. The van der Waals surface area contributed by atoms with E-state index in [1.165, 1.54) is 6.42 Å². The monoisotopic (exact) mass is 546 g/mol. The van der Waals surface area contributed by atoms with E-state index in [2.05, 4.69) is 22.5 Å². The second-order valence-corrected chi connectivity index (χ2v) is 11.7. The topological polar surface area (TPSA) is 103 Å². The molecular weight excluding hydrogens is 496 g/mol. The maximum Gasteiger partial charge on any atom is 0.319 e. The normalized spacial score (nSPS) is 24.8. The number of aliphatic hydroxyl groups is 1. The third-order valence-corrected chi connectivity index (χ3v) is 7.79. The van der Waals surface area contributed by atoms with Crippen LogP contribution < -0.4 is 15.4 Å². The van der Waals surface area contributed by atoms with Crippen molar-refractivity contribution in [1.82, 2.24) is 15.1 Å². The number of urea groups is 1. The molecular formula is C30H50N4O5. The third kappa shape index (κ3) is 9.65. The number of hydrogen-bond acceptors (Lipinski definition) is 6. The highest BCUT2D eigenvalue weighted by Crippen LogP contribution is 2.28. The van der Waals surface area contributed by atoms with Gasteiger partial charge in [-0.15, -0.1) is 0 Å². The quantitative estimate of drug-likeness (QED) is 0.486. The molecule has 1 saturated carbocycles. The van der Waals surface area contributed by atoms with Crippen LogP contribution in [0.3, 0.4) is 0 Å². The molecule has 1 aromatic rings. The van der Waals surface area contributed by atoms with Crippen molar-refractivity contribution in [3.63, 3.8) is 0 Å². The summed E-state index contributed by atoms with van der Waals surface area (Å²) in [7, 11) is 4.05. The van der Waals surface area contributed by atoms with E-state index in [4.69, 9.17) is 9.47 Å². The average molecular weight is 547 g/mol. The number of likely N-dealkylation sites (N-methyl/N-ethyl adjacent to an activating group) is 1. The van der Waals surface area contributed by atoms with E-state index >= 15 is 0 Å². The highest BCUT2D eigenvalue weighted by atomic mass is 16.5. The standard InChI is InChI=1S/C30H50N4O5/c1-21-18-34(22(2)20-35)29(36)26-17-25(32-30(37)31-24-12-7-6-8-13-24)14-15-27(26)39-23(3)11-9-10-16-38-28(21)19-33(4)5/h14-15,17,21-24,28,35H,6-13,16,18-20H2,1-5H3,(H2,31,32,37)/t21-,22-,23+,28+/m0/s1. The van der Waals surface area contributed by atoms with Gasteiger partial charge in [0.05, 0.1) is 30.4 Å². The molecule has 1 aliphatic carbocycles. The van der Waals surface area contributed by atoms with Crippen LogP contribution >= 0.6 is 0 Å². The molecule has 9 heteroatoms. The minimum Gasteiger partial charge on any atom is -0.490 e. The molecule has 3 amide bonds. The van der Waals surface area contributed by atoms with Crippen LogP contribution in [-0.4, -0.2) is 91.5 Å². The van der Waals surface area contributed by atoms with Crippen molar-refractivity contribution >= 4 is 17.6 Å². The Kier molecular flexibility index (Phi) is 12.3. The second-order valence-electron chi connectivity index (χ2n) is 11.7. The van der Waals surface area contributed by atoms with Gasteiger partial charge in [0.2, 0.25) is 0 Å². The number of ether oxygens (including phenoxy) is 2. The first-order valence-corrected chi connectivity index (χ1v) is 14.7. The largest absolute Gasteiger partial charge is 0.490 e. The van der Waals surface area contributed by atoms with Crippen LogP contribution in [0.4, 0.5) is 10.5 Å². The zero-order valence-electron chi connectivity index (χ0n) is 24.6. The Morgan fingerprint density at radius 3 is 2.54 bits per heavy atom. The van der Waals surface area contributed by atoms with Gasteiger partial charge in [-0.3, -0.25) is 4.79 Å². The van der Waals surface area contributed by atoms with Crippen molar-refractivity contribution in [1.29, 1.82) is 0 Å². The van der Waals surface area contributed by atoms with Crippen molar-refractivity contribution < 1.29 is 24.2 Å². The number of anilines is 1.